The van der Waals surface area contributed by atoms with Crippen molar-refractivity contribution in [3.05, 3.63) is 6.92 Å². The molecule has 6 nitrogen and oxygen atoms in total. The number of hydrogen-bond donors (Lipinski definition) is 2. The zero-order valence-corrected chi connectivity index (χ0v) is 5.31. The molecule has 2 N–H and O–H groups in total. The van der Waals surface area contributed by atoms with Gasteiger partial charge in [0.15, 0.2) is 0 Å². The highest BCUT2D eigenvalue weighted by atomic mass is 16.6. The molecule has 0 amide bonds. The Morgan fingerprint density at radius 1 is 1.36 bits per heavy atom. The van der Waals surface area contributed by atoms with E-state index in [-0.39, 0.29) is 6.47 Å². The Balaban J connectivity index is 4.65. The Labute approximate surface area is 61.4 Å². The molecule has 1 radical (unpaired) electrons. The van der Waals surface area contributed by atoms with Crippen molar-refractivity contribution in [2.45, 2.75) is 5.60 Å². The first kappa shape index (κ1) is 9.41. The minimum absolute atomic E-state index is 0.283. The molecule has 0 aromatic rings. The van der Waals surface area contributed by atoms with E-state index in [1.165, 1.54) is 0 Å². The molecule has 0 aliphatic rings. The van der Waals surface area contributed by atoms with E-state index in [9.17, 15) is 14.4 Å². The van der Waals surface area contributed by atoms with Crippen molar-refractivity contribution in [2.24, 2.45) is 0 Å². The highest BCUT2D eigenvalue weighted by Crippen LogP contribution is 2.08. The number of carbonyl (C=O) groups is 3. The third-order valence-electron chi connectivity index (χ3n) is 0.940. The lowest BCUT2D eigenvalue weighted by Crippen LogP contribution is -2.46. The average Bonchev–Trinajstić information content (AvgIpc) is 1.87. The summed E-state index contributed by atoms with van der Waals surface area (Å²) >= 11 is 0. The SMILES string of the molecule is [CH2]C(OC=O)(C(=O)O)C(=O)O. The van der Waals surface area contributed by atoms with Crippen LogP contribution < -0.4 is 0 Å². The third-order valence-corrected chi connectivity index (χ3v) is 0.940. The molecule has 0 aliphatic carbocycles. The molecule has 0 heterocycles. The lowest BCUT2D eigenvalue weighted by Gasteiger charge is -2.15. The number of carboxylic acids is 2. The van der Waals surface area contributed by atoms with Crippen molar-refractivity contribution in [3.63, 3.8) is 0 Å². The maximum atomic E-state index is 10.1. The molecule has 0 fully saturated rings. The molecule has 0 saturated carbocycles. The van der Waals surface area contributed by atoms with Gasteiger partial charge in [-0.05, 0) is 0 Å². The Bertz CT molecular complexity index is 181. The van der Waals surface area contributed by atoms with Crippen molar-refractivity contribution in [1.29, 1.82) is 0 Å². The Morgan fingerprint density at radius 2 is 1.73 bits per heavy atom. The van der Waals surface area contributed by atoms with Gasteiger partial charge in [0.2, 0.25) is 0 Å². The first-order chi connectivity index (χ1) is 4.95. The number of carbonyl (C=O) groups excluding carboxylic acids is 1. The molecular weight excluding hydrogens is 156 g/mol. The predicted octanol–water partition coefficient (Wildman–Crippen LogP) is -1.10. The fourth-order valence-electron chi connectivity index (χ4n) is 0.274. The van der Waals surface area contributed by atoms with Gasteiger partial charge in [-0.15, -0.1) is 0 Å². The van der Waals surface area contributed by atoms with Gasteiger partial charge >= 0.3 is 17.5 Å². The van der Waals surface area contributed by atoms with Crippen molar-refractivity contribution in [3.8, 4) is 0 Å². The van der Waals surface area contributed by atoms with Crippen LogP contribution in [0, 0.1) is 6.92 Å². The molecule has 0 spiro atoms. The smallest absolute Gasteiger partial charge is 0.360 e. The van der Waals surface area contributed by atoms with Gasteiger partial charge in [0.25, 0.3) is 6.47 Å². The van der Waals surface area contributed by atoms with Crippen LogP contribution in [0.3, 0.4) is 0 Å². The van der Waals surface area contributed by atoms with Crippen LogP contribution in [0.1, 0.15) is 0 Å². The van der Waals surface area contributed by atoms with E-state index < -0.39 is 17.5 Å². The average molecular weight is 161 g/mol. The van der Waals surface area contributed by atoms with Crippen LogP contribution in [0.5, 0.6) is 0 Å². The van der Waals surface area contributed by atoms with Crippen LogP contribution >= 0.6 is 0 Å². The van der Waals surface area contributed by atoms with E-state index in [1.54, 1.807) is 0 Å². The summed E-state index contributed by atoms with van der Waals surface area (Å²) in [4.78, 5) is 29.9. The van der Waals surface area contributed by atoms with E-state index in [0.29, 0.717) is 0 Å². The summed E-state index contributed by atoms with van der Waals surface area (Å²) in [5.74, 6) is -3.67. The van der Waals surface area contributed by atoms with Gasteiger partial charge in [0.1, 0.15) is 0 Å². The van der Waals surface area contributed by atoms with Crippen molar-refractivity contribution < 1.29 is 29.3 Å². The summed E-state index contributed by atoms with van der Waals surface area (Å²) in [6.45, 7) is 2.42. The third kappa shape index (κ3) is 1.66. The first-order valence-electron chi connectivity index (χ1n) is 2.38. The second-order valence-electron chi connectivity index (χ2n) is 1.65. The molecule has 0 saturated heterocycles. The number of rotatable bonds is 4. The van der Waals surface area contributed by atoms with Crippen molar-refractivity contribution in [1.82, 2.24) is 0 Å². The summed E-state index contributed by atoms with van der Waals surface area (Å²) in [5, 5.41) is 16.4. The van der Waals surface area contributed by atoms with Gasteiger partial charge in [-0.2, -0.15) is 0 Å². The first-order valence-corrected chi connectivity index (χ1v) is 2.38. The van der Waals surface area contributed by atoms with Gasteiger partial charge in [-0.3, -0.25) is 4.79 Å². The summed E-state index contributed by atoms with van der Waals surface area (Å²) in [7, 11) is 0. The Hall–Kier alpha value is -1.59. The van der Waals surface area contributed by atoms with Crippen LogP contribution in [-0.4, -0.2) is 34.2 Å². The second-order valence-corrected chi connectivity index (χ2v) is 1.65. The predicted molar refractivity (Wildman–Crippen MR) is 30.5 cm³/mol. The highest BCUT2D eigenvalue weighted by molar-refractivity contribution is 6.03. The normalized spacial score (nSPS) is 10.3. The van der Waals surface area contributed by atoms with Crippen LogP contribution in [0.2, 0.25) is 0 Å². The Morgan fingerprint density at radius 3 is 1.82 bits per heavy atom. The topological polar surface area (TPSA) is 101 Å². The van der Waals surface area contributed by atoms with E-state index >= 15 is 0 Å². The lowest BCUT2D eigenvalue weighted by atomic mass is 10.1. The van der Waals surface area contributed by atoms with Gasteiger partial charge < -0.3 is 14.9 Å². The summed E-state index contributed by atoms with van der Waals surface area (Å²) in [6.07, 6.45) is 0. The molecule has 6 heteroatoms. The molecular formula is C5H5O6. The zero-order chi connectivity index (χ0) is 9.07. The quantitative estimate of drug-likeness (QED) is 0.401. The Kier molecular flexibility index (Phi) is 2.56. The second kappa shape index (κ2) is 3.00. The monoisotopic (exact) mass is 161 g/mol. The van der Waals surface area contributed by atoms with Crippen molar-refractivity contribution in [2.75, 3.05) is 0 Å². The van der Waals surface area contributed by atoms with Crippen LogP contribution in [0.15, 0.2) is 0 Å². The van der Waals surface area contributed by atoms with Gasteiger partial charge in [-0.1, -0.05) is 0 Å². The van der Waals surface area contributed by atoms with Crippen molar-refractivity contribution >= 4 is 18.4 Å². The summed E-state index contributed by atoms with van der Waals surface area (Å²) < 4.78 is 3.76. The fraction of sp³-hybridized carbons (Fsp3) is 0.200. The number of aliphatic carboxylic acids is 2. The minimum atomic E-state index is -2.73. The molecule has 0 aromatic carbocycles. The number of hydrogen-bond acceptors (Lipinski definition) is 4. The largest absolute Gasteiger partial charge is 0.478 e. The maximum absolute atomic E-state index is 10.1. The van der Waals surface area contributed by atoms with Gasteiger partial charge in [-0.25, -0.2) is 9.59 Å². The molecule has 0 atom stereocenters. The van der Waals surface area contributed by atoms with E-state index in [4.69, 9.17) is 10.2 Å². The molecule has 0 aliphatic heterocycles. The van der Waals surface area contributed by atoms with Crippen LogP contribution in [0.4, 0.5) is 0 Å². The van der Waals surface area contributed by atoms with E-state index in [1.807, 2.05) is 0 Å². The van der Waals surface area contributed by atoms with Gasteiger partial charge in [0.05, 0.1) is 0 Å². The summed E-state index contributed by atoms with van der Waals surface area (Å²) in [5.41, 5.74) is -2.73. The molecule has 0 bridgehead atoms. The number of carboxylic acid groups (broad SMARTS) is 2. The fourth-order valence-corrected chi connectivity index (χ4v) is 0.274. The molecule has 11 heavy (non-hydrogen) atoms. The van der Waals surface area contributed by atoms with E-state index in [0.717, 1.165) is 0 Å². The molecule has 61 valence electrons. The van der Waals surface area contributed by atoms with Crippen LogP contribution in [-0.2, 0) is 19.1 Å². The summed E-state index contributed by atoms with van der Waals surface area (Å²) in [6, 6.07) is 0. The van der Waals surface area contributed by atoms with E-state index in [2.05, 4.69) is 11.7 Å². The maximum Gasteiger partial charge on any atom is 0.360 e. The minimum Gasteiger partial charge on any atom is -0.478 e. The van der Waals surface area contributed by atoms with Crippen LogP contribution in [0.25, 0.3) is 0 Å². The molecule has 0 rings (SSSR count). The lowest BCUT2D eigenvalue weighted by molar-refractivity contribution is -0.179. The molecule has 0 unspecified atom stereocenters. The standard InChI is InChI=1S/C5H5O6/c1-5(3(7)8,4(9)10)11-2-6/h2H,1H2,(H,7,8)(H,9,10). The molecule has 0 aromatic heterocycles. The van der Waals surface area contributed by atoms with Gasteiger partial charge in [0, 0.05) is 6.92 Å². The number of ether oxygens (including phenoxy) is 1. The highest BCUT2D eigenvalue weighted by Gasteiger charge is 2.44. The zero-order valence-electron chi connectivity index (χ0n) is 5.31.